The Bertz CT molecular complexity index is 777. The topological polar surface area (TPSA) is 75.5 Å². The Morgan fingerprint density at radius 1 is 1.25 bits per heavy atom. The molecule has 0 saturated heterocycles. The molecule has 126 valence electrons. The van der Waals surface area contributed by atoms with Crippen LogP contribution >= 0.6 is 15.9 Å². The molecular weight excluding hydrogens is 374 g/mol. The van der Waals surface area contributed by atoms with E-state index in [4.69, 9.17) is 0 Å². The van der Waals surface area contributed by atoms with Crippen LogP contribution in [0.3, 0.4) is 0 Å². The minimum Gasteiger partial charge on any atom is -0.377 e. The zero-order chi connectivity index (χ0) is 17.9. The fraction of sp³-hybridized carbons (Fsp3) is 0.235. The average molecular weight is 392 g/mol. The molecule has 2 aromatic rings. The third-order valence-corrected chi connectivity index (χ3v) is 4.36. The van der Waals surface area contributed by atoms with Gasteiger partial charge in [-0.25, -0.2) is 0 Å². The van der Waals surface area contributed by atoms with Gasteiger partial charge >= 0.3 is 0 Å². The van der Waals surface area contributed by atoms with E-state index >= 15 is 0 Å². The van der Waals surface area contributed by atoms with Crippen molar-refractivity contribution >= 4 is 33.2 Å². The van der Waals surface area contributed by atoms with Gasteiger partial charge < -0.3 is 10.2 Å². The first kappa shape index (κ1) is 17.9. The second-order valence-corrected chi connectivity index (χ2v) is 6.42. The summed E-state index contributed by atoms with van der Waals surface area (Å²) in [5, 5.41) is 13.9. The third kappa shape index (κ3) is 3.91. The van der Waals surface area contributed by atoms with Gasteiger partial charge in [0.05, 0.1) is 16.5 Å². The van der Waals surface area contributed by atoms with E-state index in [0.717, 1.165) is 10.0 Å². The van der Waals surface area contributed by atoms with E-state index < -0.39 is 4.92 Å². The van der Waals surface area contributed by atoms with Crippen molar-refractivity contribution in [1.82, 2.24) is 5.32 Å². The first-order chi connectivity index (χ1) is 11.3. The van der Waals surface area contributed by atoms with Crippen LogP contribution in [-0.2, 0) is 0 Å². The van der Waals surface area contributed by atoms with E-state index in [2.05, 4.69) is 21.2 Å². The molecule has 7 heteroatoms. The van der Waals surface area contributed by atoms with Crippen molar-refractivity contribution in [1.29, 1.82) is 0 Å². The average Bonchev–Trinajstić information content (AvgIpc) is 2.54. The van der Waals surface area contributed by atoms with Gasteiger partial charge in [0.25, 0.3) is 11.6 Å². The Labute approximate surface area is 148 Å². The number of amides is 1. The molecule has 24 heavy (non-hydrogen) atoms. The van der Waals surface area contributed by atoms with Gasteiger partial charge in [0.1, 0.15) is 0 Å². The molecule has 0 aliphatic carbocycles. The number of nitrogens with zero attached hydrogens (tertiary/aromatic N) is 2. The molecule has 0 bridgehead atoms. The highest BCUT2D eigenvalue weighted by molar-refractivity contribution is 9.10. The van der Waals surface area contributed by atoms with E-state index in [-0.39, 0.29) is 23.2 Å². The number of nitro groups is 1. The number of halogens is 1. The molecule has 1 unspecified atom stereocenters. The fourth-order valence-corrected chi connectivity index (χ4v) is 3.02. The van der Waals surface area contributed by atoms with E-state index in [1.54, 1.807) is 25.1 Å². The normalized spacial score (nSPS) is 11.7. The van der Waals surface area contributed by atoms with Crippen molar-refractivity contribution in [3.8, 4) is 0 Å². The van der Waals surface area contributed by atoms with Crippen molar-refractivity contribution in [3.63, 3.8) is 0 Å². The van der Waals surface area contributed by atoms with Gasteiger partial charge in [-0.15, -0.1) is 0 Å². The van der Waals surface area contributed by atoms with Crippen molar-refractivity contribution in [3.05, 3.63) is 68.2 Å². The Hall–Kier alpha value is -2.41. The highest BCUT2D eigenvalue weighted by Gasteiger charge is 2.20. The highest BCUT2D eigenvalue weighted by Crippen LogP contribution is 2.26. The molecule has 1 atom stereocenters. The highest BCUT2D eigenvalue weighted by atomic mass is 79.9. The number of rotatable bonds is 5. The van der Waals surface area contributed by atoms with Gasteiger partial charge in [0.15, 0.2) is 0 Å². The van der Waals surface area contributed by atoms with Crippen molar-refractivity contribution < 1.29 is 9.72 Å². The first-order valence-corrected chi connectivity index (χ1v) is 8.11. The largest absolute Gasteiger partial charge is 0.377 e. The molecule has 6 nitrogen and oxygen atoms in total. The van der Waals surface area contributed by atoms with Crippen LogP contribution in [0.25, 0.3) is 0 Å². The maximum Gasteiger partial charge on any atom is 0.270 e. The number of benzene rings is 2. The molecule has 1 N–H and O–H groups in total. The maximum absolute atomic E-state index is 12.7. The summed E-state index contributed by atoms with van der Waals surface area (Å²) < 4.78 is 0.893. The molecule has 0 spiro atoms. The number of nitro benzene ring substituents is 1. The van der Waals surface area contributed by atoms with Crippen molar-refractivity contribution in [2.24, 2.45) is 0 Å². The number of carbonyl (C=O) groups excluding carboxylic acids is 1. The van der Waals surface area contributed by atoms with Crippen LogP contribution in [0.5, 0.6) is 0 Å². The zero-order valence-electron chi connectivity index (χ0n) is 13.6. The molecule has 1 amide bonds. The minimum atomic E-state index is -0.507. The first-order valence-electron chi connectivity index (χ1n) is 7.32. The van der Waals surface area contributed by atoms with Crippen LogP contribution in [0.1, 0.15) is 28.9 Å². The predicted molar refractivity (Wildman–Crippen MR) is 97.4 cm³/mol. The lowest BCUT2D eigenvalue weighted by Crippen LogP contribution is -2.28. The summed E-state index contributed by atoms with van der Waals surface area (Å²) in [6.45, 7) is 1.87. The predicted octanol–water partition coefficient (Wildman–Crippen LogP) is 3.91. The number of nitrogens with one attached hydrogen (secondary N) is 1. The number of carbonyl (C=O) groups is 1. The van der Waals surface area contributed by atoms with Crippen molar-refractivity contribution in [2.45, 2.75) is 13.0 Å². The molecule has 0 saturated carbocycles. The Morgan fingerprint density at radius 3 is 2.50 bits per heavy atom. The third-order valence-electron chi connectivity index (χ3n) is 3.64. The Morgan fingerprint density at radius 2 is 1.92 bits per heavy atom. The van der Waals surface area contributed by atoms with E-state index in [1.807, 2.05) is 31.2 Å². The van der Waals surface area contributed by atoms with Crippen LogP contribution in [0.2, 0.25) is 0 Å². The fourth-order valence-electron chi connectivity index (χ4n) is 2.39. The molecule has 0 fully saturated rings. The van der Waals surface area contributed by atoms with Crippen LogP contribution in [0, 0.1) is 10.1 Å². The van der Waals surface area contributed by atoms with Gasteiger partial charge in [0.2, 0.25) is 0 Å². The summed E-state index contributed by atoms with van der Waals surface area (Å²) in [5.41, 5.74) is 1.72. The maximum atomic E-state index is 12.7. The SMILES string of the molecule is CC(NC(=O)c1cc([N+](=O)[O-])ccc1N(C)C)c1ccccc1Br. The standard InChI is InChI=1S/C17H18BrN3O3/c1-11(13-6-4-5-7-15(13)18)19-17(22)14-10-12(21(23)24)8-9-16(14)20(2)3/h4-11H,1-3H3,(H,19,22). The minimum absolute atomic E-state index is 0.112. The van der Waals surface area contributed by atoms with Gasteiger partial charge in [-0.1, -0.05) is 34.1 Å². The lowest BCUT2D eigenvalue weighted by atomic mass is 10.1. The smallest absolute Gasteiger partial charge is 0.270 e. The molecule has 0 radical (unpaired) electrons. The van der Waals surface area contributed by atoms with Crippen LogP contribution < -0.4 is 10.2 Å². The molecule has 2 rings (SSSR count). The zero-order valence-corrected chi connectivity index (χ0v) is 15.2. The summed E-state index contributed by atoms with van der Waals surface area (Å²) in [6, 6.07) is 11.6. The molecule has 0 aromatic heterocycles. The van der Waals surface area contributed by atoms with Gasteiger partial charge in [-0.2, -0.15) is 0 Å². The van der Waals surface area contributed by atoms with Crippen LogP contribution in [-0.4, -0.2) is 24.9 Å². The lowest BCUT2D eigenvalue weighted by Gasteiger charge is -2.20. The lowest BCUT2D eigenvalue weighted by molar-refractivity contribution is -0.384. The molecule has 2 aromatic carbocycles. The van der Waals surface area contributed by atoms with E-state index in [9.17, 15) is 14.9 Å². The van der Waals surface area contributed by atoms with Crippen LogP contribution in [0.15, 0.2) is 46.9 Å². The van der Waals surface area contributed by atoms with Crippen LogP contribution in [0.4, 0.5) is 11.4 Å². The summed E-state index contributed by atoms with van der Waals surface area (Å²) in [6.07, 6.45) is 0. The molecule has 0 aliphatic rings. The summed E-state index contributed by atoms with van der Waals surface area (Å²) in [4.78, 5) is 24.9. The van der Waals surface area contributed by atoms with E-state index in [1.165, 1.54) is 12.1 Å². The summed E-state index contributed by atoms with van der Waals surface area (Å²) >= 11 is 3.46. The Kier molecular flexibility index (Phi) is 5.56. The Balaban J connectivity index is 2.33. The quantitative estimate of drug-likeness (QED) is 0.618. The van der Waals surface area contributed by atoms with Gasteiger partial charge in [-0.05, 0) is 24.6 Å². The molecule has 0 aliphatic heterocycles. The second kappa shape index (κ2) is 7.44. The van der Waals surface area contributed by atoms with E-state index in [0.29, 0.717) is 5.69 Å². The number of hydrogen-bond acceptors (Lipinski definition) is 4. The van der Waals surface area contributed by atoms with Gasteiger partial charge in [-0.3, -0.25) is 14.9 Å². The summed E-state index contributed by atoms with van der Waals surface area (Å²) in [5.74, 6) is -0.356. The summed E-state index contributed by atoms with van der Waals surface area (Å²) in [7, 11) is 3.57. The van der Waals surface area contributed by atoms with Gasteiger partial charge in [0, 0.05) is 36.4 Å². The number of anilines is 1. The monoisotopic (exact) mass is 391 g/mol. The second-order valence-electron chi connectivity index (χ2n) is 5.57. The molecule has 0 heterocycles. The van der Waals surface area contributed by atoms with Crippen molar-refractivity contribution in [2.75, 3.05) is 19.0 Å². The number of hydrogen-bond donors (Lipinski definition) is 1. The number of non-ortho nitro benzene ring substituents is 1. The molecular formula is C17H18BrN3O3.